The number of carbonyl (C=O) groups excluding carboxylic acids is 1. The molecule has 0 saturated heterocycles. The third-order valence-electron chi connectivity index (χ3n) is 6.38. The Balaban J connectivity index is 1.54. The van der Waals surface area contributed by atoms with Crippen molar-refractivity contribution in [2.24, 2.45) is 0 Å². The smallest absolute Gasteiger partial charge is 0.336 e. The second-order valence-electron chi connectivity index (χ2n) is 8.94. The fourth-order valence-corrected chi connectivity index (χ4v) is 4.73. The van der Waals surface area contributed by atoms with Crippen LogP contribution in [-0.4, -0.2) is 31.9 Å². The molecule has 7 nitrogen and oxygen atoms in total. The van der Waals surface area contributed by atoms with E-state index in [1.807, 2.05) is 42.5 Å². The van der Waals surface area contributed by atoms with Gasteiger partial charge in [0.25, 0.3) is 5.91 Å². The number of carboxylic acid groups (broad SMARTS) is 1. The van der Waals surface area contributed by atoms with Crippen LogP contribution in [0.2, 0.25) is 5.02 Å². The normalized spacial score (nSPS) is 11.8. The van der Waals surface area contributed by atoms with E-state index in [-0.39, 0.29) is 23.1 Å². The van der Waals surface area contributed by atoms with Gasteiger partial charge in [-0.2, -0.15) is 0 Å². The molecule has 190 valence electrons. The summed E-state index contributed by atoms with van der Waals surface area (Å²) in [5.74, 6) is -0.954. The zero-order chi connectivity index (χ0) is 26.6. The lowest BCUT2D eigenvalue weighted by atomic mass is 9.93. The number of fused-ring (bicyclic) bond motifs is 1. The number of aromatic nitrogens is 3. The molecule has 0 aliphatic heterocycles. The highest BCUT2D eigenvalue weighted by Crippen LogP contribution is 2.36. The molecule has 1 atom stereocenters. The third kappa shape index (κ3) is 5.14. The first kappa shape index (κ1) is 25.2. The first-order chi connectivity index (χ1) is 18.4. The number of carboxylic acids is 1. The minimum atomic E-state index is -1.15. The molecule has 3 aromatic carbocycles. The van der Waals surface area contributed by atoms with Crippen LogP contribution in [0.15, 0.2) is 85.1 Å². The lowest BCUT2D eigenvalue weighted by Crippen LogP contribution is -2.28. The van der Waals surface area contributed by atoms with E-state index in [0.29, 0.717) is 33.2 Å². The van der Waals surface area contributed by atoms with Crippen LogP contribution in [0, 0.1) is 0 Å². The van der Waals surface area contributed by atoms with Crippen LogP contribution in [0.5, 0.6) is 0 Å². The number of hydrogen-bond donors (Lipinski definition) is 3. The van der Waals surface area contributed by atoms with Crippen molar-refractivity contribution >= 4 is 34.6 Å². The van der Waals surface area contributed by atoms with Gasteiger partial charge in [-0.15, -0.1) is 0 Å². The predicted octanol–water partition coefficient (Wildman–Crippen LogP) is 6.91. The summed E-state index contributed by atoms with van der Waals surface area (Å²) in [5, 5.41) is 13.6. The highest BCUT2D eigenvalue weighted by atomic mass is 35.5. The third-order valence-corrected chi connectivity index (χ3v) is 6.62. The Kier molecular flexibility index (Phi) is 7.20. The monoisotopic (exact) mass is 524 g/mol. The highest BCUT2D eigenvalue weighted by Gasteiger charge is 2.21. The SMILES string of the molecule is CCCC(NC(=O)c1ccc(-c2cc(Cl)ccc2-c2nc3ncccc3[nH]2)c(C(=O)O)c1)c1ccccc1. The van der Waals surface area contributed by atoms with E-state index in [4.69, 9.17) is 11.6 Å². The number of nitrogens with zero attached hydrogens (tertiary/aromatic N) is 2. The van der Waals surface area contributed by atoms with Crippen LogP contribution in [0.3, 0.4) is 0 Å². The Hall–Kier alpha value is -4.49. The van der Waals surface area contributed by atoms with Crippen molar-refractivity contribution in [1.29, 1.82) is 0 Å². The number of benzene rings is 3. The predicted molar refractivity (Wildman–Crippen MR) is 148 cm³/mol. The number of aromatic amines is 1. The van der Waals surface area contributed by atoms with E-state index in [0.717, 1.165) is 23.9 Å². The molecular formula is C30H25ClN4O3. The van der Waals surface area contributed by atoms with Crippen molar-refractivity contribution in [2.45, 2.75) is 25.8 Å². The number of amides is 1. The summed E-state index contributed by atoms with van der Waals surface area (Å²) in [6.07, 6.45) is 3.30. The van der Waals surface area contributed by atoms with Crippen molar-refractivity contribution in [2.75, 3.05) is 0 Å². The fraction of sp³-hybridized carbons (Fsp3) is 0.133. The van der Waals surface area contributed by atoms with Crippen LogP contribution >= 0.6 is 11.6 Å². The number of pyridine rings is 1. The quantitative estimate of drug-likeness (QED) is 0.204. The number of carbonyl (C=O) groups is 2. The summed E-state index contributed by atoms with van der Waals surface area (Å²) >= 11 is 6.34. The van der Waals surface area contributed by atoms with Crippen molar-refractivity contribution in [3.8, 4) is 22.5 Å². The first-order valence-corrected chi connectivity index (χ1v) is 12.7. The van der Waals surface area contributed by atoms with E-state index < -0.39 is 5.97 Å². The molecule has 0 fully saturated rings. The lowest BCUT2D eigenvalue weighted by molar-refractivity contribution is 0.0697. The molecule has 0 aliphatic rings. The maximum absolute atomic E-state index is 13.2. The van der Waals surface area contributed by atoms with Crippen LogP contribution in [-0.2, 0) is 0 Å². The van der Waals surface area contributed by atoms with Gasteiger partial charge in [0.05, 0.1) is 17.1 Å². The van der Waals surface area contributed by atoms with Gasteiger partial charge >= 0.3 is 5.97 Å². The summed E-state index contributed by atoms with van der Waals surface area (Å²) in [6.45, 7) is 2.06. The molecule has 0 saturated carbocycles. The number of H-pyrrole nitrogens is 1. The van der Waals surface area contributed by atoms with E-state index >= 15 is 0 Å². The molecule has 1 unspecified atom stereocenters. The Morgan fingerprint density at radius 3 is 2.50 bits per heavy atom. The topological polar surface area (TPSA) is 108 Å². The molecular weight excluding hydrogens is 500 g/mol. The van der Waals surface area contributed by atoms with Gasteiger partial charge in [-0.3, -0.25) is 4.79 Å². The number of halogens is 1. The summed E-state index contributed by atoms with van der Waals surface area (Å²) in [4.78, 5) is 37.7. The molecule has 5 aromatic rings. The Morgan fingerprint density at radius 2 is 1.76 bits per heavy atom. The summed E-state index contributed by atoms with van der Waals surface area (Å²) in [5.41, 5.74) is 4.23. The van der Waals surface area contributed by atoms with Gasteiger partial charge in [-0.1, -0.05) is 61.3 Å². The second-order valence-corrected chi connectivity index (χ2v) is 9.38. The molecule has 5 rings (SSSR count). The van der Waals surface area contributed by atoms with Crippen molar-refractivity contribution < 1.29 is 14.7 Å². The van der Waals surface area contributed by atoms with E-state index in [1.54, 1.807) is 36.5 Å². The van der Waals surface area contributed by atoms with E-state index in [2.05, 4.69) is 27.2 Å². The van der Waals surface area contributed by atoms with Crippen LogP contribution in [0.4, 0.5) is 0 Å². The average molecular weight is 525 g/mol. The molecule has 2 aromatic heterocycles. The molecule has 38 heavy (non-hydrogen) atoms. The summed E-state index contributed by atoms with van der Waals surface area (Å²) in [7, 11) is 0. The van der Waals surface area contributed by atoms with Gasteiger partial charge in [0, 0.05) is 22.3 Å². The zero-order valence-corrected chi connectivity index (χ0v) is 21.4. The highest BCUT2D eigenvalue weighted by molar-refractivity contribution is 6.31. The molecule has 0 aliphatic carbocycles. The molecule has 8 heteroatoms. The Labute approximate surface area is 224 Å². The van der Waals surface area contributed by atoms with Gasteiger partial charge in [-0.05, 0) is 65.6 Å². The Morgan fingerprint density at radius 1 is 0.974 bits per heavy atom. The van der Waals surface area contributed by atoms with E-state index in [1.165, 1.54) is 6.07 Å². The lowest BCUT2D eigenvalue weighted by Gasteiger charge is -2.19. The number of nitrogens with one attached hydrogen (secondary N) is 2. The zero-order valence-electron chi connectivity index (χ0n) is 20.6. The van der Waals surface area contributed by atoms with Gasteiger partial charge in [0.2, 0.25) is 0 Å². The van der Waals surface area contributed by atoms with Gasteiger partial charge in [-0.25, -0.2) is 14.8 Å². The summed E-state index contributed by atoms with van der Waals surface area (Å²) < 4.78 is 0. The molecule has 0 bridgehead atoms. The van der Waals surface area contributed by atoms with Crippen LogP contribution in [0.1, 0.15) is 52.1 Å². The number of aromatic carboxylic acids is 1. The maximum Gasteiger partial charge on any atom is 0.336 e. The first-order valence-electron chi connectivity index (χ1n) is 12.3. The molecule has 3 N–H and O–H groups in total. The molecule has 0 spiro atoms. The summed E-state index contributed by atoms with van der Waals surface area (Å²) in [6, 6.07) is 23.1. The van der Waals surface area contributed by atoms with Gasteiger partial charge in [0.15, 0.2) is 5.65 Å². The van der Waals surface area contributed by atoms with Crippen LogP contribution < -0.4 is 5.32 Å². The largest absolute Gasteiger partial charge is 0.478 e. The minimum absolute atomic E-state index is 0.0119. The molecule has 1 amide bonds. The van der Waals surface area contributed by atoms with Crippen LogP contribution in [0.25, 0.3) is 33.7 Å². The number of hydrogen-bond acceptors (Lipinski definition) is 4. The molecule has 2 heterocycles. The maximum atomic E-state index is 13.2. The number of imidazole rings is 1. The number of rotatable bonds is 8. The van der Waals surface area contributed by atoms with E-state index in [9.17, 15) is 14.7 Å². The van der Waals surface area contributed by atoms with Crippen molar-refractivity contribution in [1.82, 2.24) is 20.3 Å². The van der Waals surface area contributed by atoms with Gasteiger partial charge < -0.3 is 15.4 Å². The second kappa shape index (κ2) is 10.9. The molecule has 0 radical (unpaired) electrons. The standard InChI is InChI=1S/C30H25ClN4O3/c1-2-7-25(18-8-4-3-5-9-18)34-29(36)19-11-13-21(24(16-19)30(37)38)23-17-20(31)12-14-22(23)27-33-26-10-6-15-32-28(26)35-27/h3-6,8-17,25H,2,7H2,1H3,(H,34,36)(H,37,38)(H,32,33,35). The minimum Gasteiger partial charge on any atom is -0.478 e. The van der Waals surface area contributed by atoms with Crippen molar-refractivity contribution in [3.05, 3.63) is 107 Å². The fourth-order valence-electron chi connectivity index (χ4n) is 4.55. The average Bonchev–Trinajstić information content (AvgIpc) is 3.37. The van der Waals surface area contributed by atoms with Gasteiger partial charge in [0.1, 0.15) is 5.82 Å². The Bertz CT molecular complexity index is 1600. The van der Waals surface area contributed by atoms with Crippen molar-refractivity contribution in [3.63, 3.8) is 0 Å².